The molecule has 2 aliphatic rings. The molecule has 7 heteroatoms. The summed E-state index contributed by atoms with van der Waals surface area (Å²) in [4.78, 5) is 22.9. The number of carbonyl (C=O) groups excluding carboxylic acids is 1. The number of ether oxygens (including phenoxy) is 1. The Balaban J connectivity index is 1.54. The van der Waals surface area contributed by atoms with E-state index < -0.39 is 0 Å². The average Bonchev–Trinajstić information content (AvgIpc) is 2.91. The first-order chi connectivity index (χ1) is 13.1. The maximum absolute atomic E-state index is 11.8. The monoisotopic (exact) mass is 375 g/mol. The second-order valence-corrected chi connectivity index (χ2v) is 7.66. The minimum absolute atomic E-state index is 0.205. The Hall–Kier alpha value is -2.05. The molecule has 27 heavy (non-hydrogen) atoms. The lowest BCUT2D eigenvalue weighted by molar-refractivity contribution is 0.0983. The van der Waals surface area contributed by atoms with Crippen molar-refractivity contribution in [1.29, 1.82) is 0 Å². The number of amides is 1. The van der Waals surface area contributed by atoms with Gasteiger partial charge < -0.3 is 20.3 Å². The SMILES string of the molecule is CCOC(=O)N1CCC(Nc2cc(C)nc(NC3CCCCCC3)n2)CC1. The van der Waals surface area contributed by atoms with Crippen molar-refractivity contribution in [2.75, 3.05) is 30.3 Å². The average molecular weight is 376 g/mol. The van der Waals surface area contributed by atoms with Gasteiger partial charge in [0, 0.05) is 36.9 Å². The van der Waals surface area contributed by atoms with Gasteiger partial charge in [-0.2, -0.15) is 4.98 Å². The molecule has 1 aliphatic heterocycles. The molecule has 3 rings (SSSR count). The predicted octanol–water partition coefficient (Wildman–Crippen LogP) is 3.95. The van der Waals surface area contributed by atoms with Gasteiger partial charge in [-0.25, -0.2) is 9.78 Å². The quantitative estimate of drug-likeness (QED) is 0.759. The van der Waals surface area contributed by atoms with Gasteiger partial charge in [-0.1, -0.05) is 25.7 Å². The van der Waals surface area contributed by atoms with E-state index in [0.717, 1.165) is 30.3 Å². The molecule has 0 atom stereocenters. The van der Waals surface area contributed by atoms with Crippen LogP contribution in [0.4, 0.5) is 16.6 Å². The van der Waals surface area contributed by atoms with E-state index >= 15 is 0 Å². The van der Waals surface area contributed by atoms with Crippen LogP contribution in [0.15, 0.2) is 6.07 Å². The number of hydrogen-bond donors (Lipinski definition) is 2. The molecule has 2 heterocycles. The van der Waals surface area contributed by atoms with E-state index in [-0.39, 0.29) is 6.09 Å². The first-order valence-electron chi connectivity index (χ1n) is 10.4. The Morgan fingerprint density at radius 3 is 2.41 bits per heavy atom. The third kappa shape index (κ3) is 5.97. The minimum Gasteiger partial charge on any atom is -0.450 e. The van der Waals surface area contributed by atoms with Crippen LogP contribution in [-0.4, -0.2) is 52.7 Å². The minimum atomic E-state index is -0.205. The molecule has 1 saturated carbocycles. The van der Waals surface area contributed by atoms with Crippen molar-refractivity contribution < 1.29 is 9.53 Å². The van der Waals surface area contributed by atoms with Crippen molar-refractivity contribution in [2.45, 2.75) is 77.3 Å². The molecule has 1 aromatic heterocycles. The van der Waals surface area contributed by atoms with E-state index in [1.165, 1.54) is 38.5 Å². The highest BCUT2D eigenvalue weighted by molar-refractivity contribution is 5.67. The zero-order chi connectivity index (χ0) is 19.1. The highest BCUT2D eigenvalue weighted by atomic mass is 16.6. The number of anilines is 2. The molecule has 1 aliphatic carbocycles. The molecule has 1 saturated heterocycles. The Kier molecular flexibility index (Phi) is 7.12. The van der Waals surface area contributed by atoms with Crippen LogP contribution < -0.4 is 10.6 Å². The van der Waals surface area contributed by atoms with Gasteiger partial charge in [-0.15, -0.1) is 0 Å². The number of hydrogen-bond acceptors (Lipinski definition) is 6. The Morgan fingerprint density at radius 1 is 1.07 bits per heavy atom. The number of nitrogens with one attached hydrogen (secondary N) is 2. The van der Waals surface area contributed by atoms with Crippen molar-refractivity contribution >= 4 is 17.9 Å². The Morgan fingerprint density at radius 2 is 1.74 bits per heavy atom. The second kappa shape index (κ2) is 9.76. The lowest BCUT2D eigenvalue weighted by atomic mass is 10.1. The first-order valence-corrected chi connectivity index (χ1v) is 10.4. The summed E-state index contributed by atoms with van der Waals surface area (Å²) in [5, 5.41) is 7.08. The van der Waals surface area contributed by atoms with Crippen LogP contribution in [0.5, 0.6) is 0 Å². The van der Waals surface area contributed by atoms with Crippen LogP contribution in [0.2, 0.25) is 0 Å². The van der Waals surface area contributed by atoms with Crippen molar-refractivity contribution in [1.82, 2.24) is 14.9 Å². The van der Waals surface area contributed by atoms with Crippen LogP contribution in [0, 0.1) is 6.92 Å². The normalized spacial score (nSPS) is 19.4. The molecular weight excluding hydrogens is 342 g/mol. The second-order valence-electron chi connectivity index (χ2n) is 7.66. The molecule has 0 unspecified atom stereocenters. The van der Waals surface area contributed by atoms with Crippen LogP contribution in [-0.2, 0) is 4.74 Å². The number of aryl methyl sites for hydroxylation is 1. The fourth-order valence-electron chi connectivity index (χ4n) is 3.94. The topological polar surface area (TPSA) is 79.4 Å². The summed E-state index contributed by atoms with van der Waals surface area (Å²) < 4.78 is 5.09. The number of likely N-dealkylation sites (tertiary alicyclic amines) is 1. The summed E-state index contributed by atoms with van der Waals surface area (Å²) in [6, 6.07) is 2.79. The summed E-state index contributed by atoms with van der Waals surface area (Å²) in [5.74, 6) is 1.60. The van der Waals surface area contributed by atoms with Crippen molar-refractivity contribution in [2.24, 2.45) is 0 Å². The van der Waals surface area contributed by atoms with E-state index in [9.17, 15) is 4.79 Å². The van der Waals surface area contributed by atoms with E-state index in [4.69, 9.17) is 9.72 Å². The third-order valence-corrected chi connectivity index (χ3v) is 5.42. The molecule has 2 fully saturated rings. The van der Waals surface area contributed by atoms with E-state index in [1.807, 2.05) is 19.9 Å². The van der Waals surface area contributed by atoms with Gasteiger partial charge in [-0.05, 0) is 39.5 Å². The van der Waals surface area contributed by atoms with Gasteiger partial charge in [0.25, 0.3) is 0 Å². The summed E-state index contributed by atoms with van der Waals surface area (Å²) in [5.41, 5.74) is 0.965. The fourth-order valence-corrected chi connectivity index (χ4v) is 3.94. The van der Waals surface area contributed by atoms with Gasteiger partial charge >= 0.3 is 6.09 Å². The summed E-state index contributed by atoms with van der Waals surface area (Å²) in [6.45, 7) is 5.70. The van der Waals surface area contributed by atoms with Crippen LogP contribution in [0.1, 0.15) is 64.0 Å². The van der Waals surface area contributed by atoms with Crippen LogP contribution >= 0.6 is 0 Å². The zero-order valence-corrected chi connectivity index (χ0v) is 16.7. The smallest absolute Gasteiger partial charge is 0.409 e. The number of aromatic nitrogens is 2. The summed E-state index contributed by atoms with van der Waals surface area (Å²) >= 11 is 0. The summed E-state index contributed by atoms with van der Waals surface area (Å²) in [7, 11) is 0. The van der Waals surface area contributed by atoms with Gasteiger partial charge in [-0.3, -0.25) is 0 Å². The maximum atomic E-state index is 11.8. The van der Waals surface area contributed by atoms with Crippen LogP contribution in [0.25, 0.3) is 0 Å². The molecular formula is C20H33N5O2. The van der Waals surface area contributed by atoms with Gasteiger partial charge in [0.2, 0.25) is 5.95 Å². The molecule has 1 amide bonds. The molecule has 2 N–H and O–H groups in total. The van der Waals surface area contributed by atoms with Gasteiger partial charge in [0.1, 0.15) is 5.82 Å². The fraction of sp³-hybridized carbons (Fsp3) is 0.750. The molecule has 0 aromatic carbocycles. The molecule has 0 radical (unpaired) electrons. The van der Waals surface area contributed by atoms with Crippen molar-refractivity contribution in [3.63, 3.8) is 0 Å². The van der Waals surface area contributed by atoms with Crippen molar-refractivity contribution in [3.05, 3.63) is 11.8 Å². The number of piperidine rings is 1. The predicted molar refractivity (Wildman–Crippen MR) is 107 cm³/mol. The third-order valence-electron chi connectivity index (χ3n) is 5.42. The largest absolute Gasteiger partial charge is 0.450 e. The lowest BCUT2D eigenvalue weighted by Crippen LogP contribution is -2.42. The van der Waals surface area contributed by atoms with Crippen LogP contribution in [0.3, 0.4) is 0 Å². The highest BCUT2D eigenvalue weighted by Gasteiger charge is 2.24. The Bertz CT molecular complexity index is 608. The van der Waals surface area contributed by atoms with E-state index in [2.05, 4.69) is 15.6 Å². The Labute approximate surface area is 162 Å². The number of nitrogens with zero attached hydrogens (tertiary/aromatic N) is 3. The number of rotatable bonds is 5. The van der Waals surface area contributed by atoms with Crippen molar-refractivity contribution in [3.8, 4) is 0 Å². The zero-order valence-electron chi connectivity index (χ0n) is 16.7. The lowest BCUT2D eigenvalue weighted by Gasteiger charge is -2.32. The molecule has 0 spiro atoms. The van der Waals surface area contributed by atoms with Gasteiger partial charge in [0.15, 0.2) is 0 Å². The molecule has 0 bridgehead atoms. The number of carbonyl (C=O) groups is 1. The first kappa shape index (κ1) is 19.7. The van der Waals surface area contributed by atoms with E-state index in [0.29, 0.717) is 31.8 Å². The molecule has 1 aromatic rings. The van der Waals surface area contributed by atoms with Gasteiger partial charge in [0.05, 0.1) is 6.61 Å². The highest BCUT2D eigenvalue weighted by Crippen LogP contribution is 2.22. The molecule has 7 nitrogen and oxygen atoms in total. The summed E-state index contributed by atoms with van der Waals surface area (Å²) in [6.07, 6.45) is 9.23. The standard InChI is InChI=1S/C20H33N5O2/c1-3-27-20(26)25-12-10-17(11-13-25)22-18-14-15(2)21-19(24-18)23-16-8-6-4-5-7-9-16/h14,16-17H,3-13H2,1-2H3,(H2,21,22,23,24). The molecule has 150 valence electrons. The van der Waals surface area contributed by atoms with E-state index in [1.54, 1.807) is 4.90 Å². The maximum Gasteiger partial charge on any atom is 0.409 e.